The maximum Gasteiger partial charge on any atom is 0.426 e. The lowest BCUT2D eigenvalue weighted by atomic mass is 9.78. The number of amides is 2. The highest BCUT2D eigenvalue weighted by Gasteiger charge is 2.62. The second kappa shape index (κ2) is 10.3. The SMILES string of the molecule is Cc1nc(N2CCC(C3CCN(C(=O)[C@](O)(C(C)C)C(F)(F)F)CC3)CC2)ccc1C(=O)N(C)C. The minimum Gasteiger partial charge on any atom is -0.372 e. The molecule has 3 rings (SSSR count). The van der Waals surface area contributed by atoms with Crippen LogP contribution in [-0.4, -0.2) is 83.8 Å². The van der Waals surface area contributed by atoms with Gasteiger partial charge in [-0.1, -0.05) is 13.8 Å². The maximum atomic E-state index is 13.5. The van der Waals surface area contributed by atoms with Crippen molar-refractivity contribution in [2.45, 2.75) is 58.2 Å². The first-order valence-electron chi connectivity index (χ1n) is 12.3. The van der Waals surface area contributed by atoms with Gasteiger partial charge in [-0.2, -0.15) is 13.2 Å². The van der Waals surface area contributed by atoms with Gasteiger partial charge in [-0.3, -0.25) is 9.59 Å². The predicted octanol–water partition coefficient (Wildman–Crippen LogP) is 3.50. The van der Waals surface area contributed by atoms with Gasteiger partial charge in [0.2, 0.25) is 5.60 Å². The molecule has 10 heteroatoms. The molecule has 2 saturated heterocycles. The average Bonchev–Trinajstić information content (AvgIpc) is 2.81. The van der Waals surface area contributed by atoms with Crippen LogP contribution in [0, 0.1) is 24.7 Å². The minimum atomic E-state index is -5.01. The number of alkyl halides is 3. The average molecular weight is 499 g/mol. The lowest BCUT2D eigenvalue weighted by Crippen LogP contribution is -2.62. The van der Waals surface area contributed by atoms with Crippen LogP contribution in [0.1, 0.15) is 55.6 Å². The Morgan fingerprint density at radius 3 is 1.97 bits per heavy atom. The minimum absolute atomic E-state index is 0.0767. The summed E-state index contributed by atoms with van der Waals surface area (Å²) in [5.74, 6) is -0.945. The molecule has 0 bridgehead atoms. The Hall–Kier alpha value is -2.36. The monoisotopic (exact) mass is 498 g/mol. The molecule has 0 aliphatic carbocycles. The summed E-state index contributed by atoms with van der Waals surface area (Å²) in [6.45, 7) is 6.37. The van der Waals surface area contributed by atoms with Gasteiger partial charge in [0, 0.05) is 46.2 Å². The van der Waals surface area contributed by atoms with Crippen molar-refractivity contribution in [3.8, 4) is 0 Å². The normalized spacial score (nSPS) is 20.2. The van der Waals surface area contributed by atoms with Gasteiger partial charge < -0.3 is 19.8 Å². The van der Waals surface area contributed by atoms with Crippen molar-refractivity contribution in [2.75, 3.05) is 45.2 Å². The first-order chi connectivity index (χ1) is 16.3. The molecule has 2 aliphatic rings. The molecule has 0 unspecified atom stereocenters. The number of anilines is 1. The Kier molecular flexibility index (Phi) is 8.03. The van der Waals surface area contributed by atoms with E-state index in [1.807, 2.05) is 19.1 Å². The number of rotatable bonds is 5. The van der Waals surface area contributed by atoms with Gasteiger partial charge in [0.25, 0.3) is 11.8 Å². The highest BCUT2D eigenvalue weighted by atomic mass is 19.4. The van der Waals surface area contributed by atoms with E-state index in [4.69, 9.17) is 0 Å². The van der Waals surface area contributed by atoms with Gasteiger partial charge in [-0.15, -0.1) is 0 Å². The molecule has 1 aromatic rings. The van der Waals surface area contributed by atoms with Crippen LogP contribution in [-0.2, 0) is 4.79 Å². The summed E-state index contributed by atoms with van der Waals surface area (Å²) >= 11 is 0. The topological polar surface area (TPSA) is 77.0 Å². The molecule has 35 heavy (non-hydrogen) atoms. The fourth-order valence-electron chi connectivity index (χ4n) is 5.30. The highest BCUT2D eigenvalue weighted by molar-refractivity contribution is 5.95. The smallest absolute Gasteiger partial charge is 0.372 e. The van der Waals surface area contributed by atoms with Crippen LogP contribution in [0.4, 0.5) is 19.0 Å². The summed E-state index contributed by atoms with van der Waals surface area (Å²) in [6, 6.07) is 3.70. The molecule has 196 valence electrons. The third kappa shape index (κ3) is 5.42. The van der Waals surface area contributed by atoms with Crippen molar-refractivity contribution in [3.05, 3.63) is 23.4 Å². The molecule has 2 fully saturated rings. The lowest BCUT2D eigenvalue weighted by molar-refractivity contribution is -0.270. The number of aliphatic hydroxyl groups is 1. The van der Waals surface area contributed by atoms with Gasteiger partial charge in [-0.25, -0.2) is 4.98 Å². The molecule has 2 amide bonds. The number of aryl methyl sites for hydroxylation is 1. The molecule has 1 aromatic heterocycles. The van der Waals surface area contributed by atoms with Gasteiger partial charge >= 0.3 is 6.18 Å². The highest BCUT2D eigenvalue weighted by Crippen LogP contribution is 2.40. The number of carbonyl (C=O) groups is 2. The van der Waals surface area contributed by atoms with Crippen molar-refractivity contribution in [2.24, 2.45) is 17.8 Å². The van der Waals surface area contributed by atoms with E-state index in [1.165, 1.54) is 23.6 Å². The number of carbonyl (C=O) groups excluding carboxylic acids is 2. The second-order valence-electron chi connectivity index (χ2n) is 10.4. The third-order valence-corrected chi connectivity index (χ3v) is 7.66. The number of hydrogen-bond acceptors (Lipinski definition) is 5. The van der Waals surface area contributed by atoms with Crippen LogP contribution in [0.25, 0.3) is 0 Å². The van der Waals surface area contributed by atoms with Gasteiger partial charge in [0.15, 0.2) is 0 Å². The van der Waals surface area contributed by atoms with Crippen molar-refractivity contribution in [1.29, 1.82) is 0 Å². The van der Waals surface area contributed by atoms with Crippen molar-refractivity contribution >= 4 is 17.6 Å². The number of piperidine rings is 2. The number of nitrogens with zero attached hydrogens (tertiary/aromatic N) is 4. The molecule has 0 saturated carbocycles. The molecule has 0 aromatic carbocycles. The van der Waals surface area contributed by atoms with Crippen LogP contribution in [0.5, 0.6) is 0 Å². The van der Waals surface area contributed by atoms with Crippen LogP contribution < -0.4 is 4.90 Å². The zero-order chi connectivity index (χ0) is 26.1. The molecule has 3 heterocycles. The largest absolute Gasteiger partial charge is 0.426 e. The number of likely N-dealkylation sites (tertiary alicyclic amines) is 1. The first-order valence-corrected chi connectivity index (χ1v) is 12.3. The molecule has 2 aliphatic heterocycles. The van der Waals surface area contributed by atoms with E-state index < -0.39 is 23.6 Å². The van der Waals surface area contributed by atoms with Crippen LogP contribution in [0.3, 0.4) is 0 Å². The Morgan fingerprint density at radius 2 is 1.54 bits per heavy atom. The molecular weight excluding hydrogens is 461 g/mol. The Bertz CT molecular complexity index is 921. The van der Waals surface area contributed by atoms with E-state index in [-0.39, 0.29) is 19.0 Å². The summed E-state index contributed by atoms with van der Waals surface area (Å²) in [6.07, 6.45) is -1.85. The molecular formula is C25H37F3N4O3. The summed E-state index contributed by atoms with van der Waals surface area (Å²) in [5, 5.41) is 10.2. The fraction of sp³-hybridized carbons (Fsp3) is 0.720. The third-order valence-electron chi connectivity index (χ3n) is 7.66. The number of hydrogen-bond donors (Lipinski definition) is 1. The van der Waals surface area contributed by atoms with E-state index in [2.05, 4.69) is 9.88 Å². The van der Waals surface area contributed by atoms with Gasteiger partial charge in [0.05, 0.1) is 11.3 Å². The first kappa shape index (κ1) is 27.2. The number of halogens is 3. The maximum absolute atomic E-state index is 13.5. The standard InChI is InChI=1S/C25H37F3N4O3/c1-16(2)24(35,25(26,27)28)23(34)32-14-10-19(11-15-32)18-8-12-31(13-9-18)21-7-6-20(17(3)29-21)22(33)30(4)5/h6-7,16,18-19,35H,8-15H2,1-5H3/t24-/m1/s1. The Balaban J connectivity index is 1.55. The van der Waals surface area contributed by atoms with Gasteiger partial charge in [0.1, 0.15) is 5.82 Å². The number of aromatic nitrogens is 1. The van der Waals surface area contributed by atoms with Crippen molar-refractivity contribution in [3.63, 3.8) is 0 Å². The van der Waals surface area contributed by atoms with Crippen molar-refractivity contribution in [1.82, 2.24) is 14.8 Å². The van der Waals surface area contributed by atoms with E-state index >= 15 is 0 Å². The van der Waals surface area contributed by atoms with Crippen LogP contribution in [0.2, 0.25) is 0 Å². The van der Waals surface area contributed by atoms with E-state index in [0.717, 1.165) is 31.7 Å². The summed E-state index contributed by atoms with van der Waals surface area (Å²) < 4.78 is 40.5. The molecule has 7 nitrogen and oxygen atoms in total. The predicted molar refractivity (Wildman–Crippen MR) is 127 cm³/mol. The molecule has 1 atom stereocenters. The van der Waals surface area contributed by atoms with E-state index in [0.29, 0.717) is 35.9 Å². The summed E-state index contributed by atoms with van der Waals surface area (Å²) in [5.41, 5.74) is -2.06. The van der Waals surface area contributed by atoms with Crippen molar-refractivity contribution < 1.29 is 27.9 Å². The number of pyridine rings is 1. The Labute approximate surface area is 205 Å². The second-order valence-corrected chi connectivity index (χ2v) is 10.4. The van der Waals surface area contributed by atoms with Gasteiger partial charge in [-0.05, 0) is 56.6 Å². The molecule has 1 N–H and O–H groups in total. The summed E-state index contributed by atoms with van der Waals surface area (Å²) in [7, 11) is 3.42. The molecule has 0 radical (unpaired) electrons. The lowest BCUT2D eigenvalue weighted by Gasteiger charge is -2.43. The zero-order valence-corrected chi connectivity index (χ0v) is 21.2. The zero-order valence-electron chi connectivity index (χ0n) is 21.2. The Morgan fingerprint density at radius 1 is 1.03 bits per heavy atom. The van der Waals surface area contributed by atoms with E-state index in [1.54, 1.807) is 14.1 Å². The quantitative estimate of drug-likeness (QED) is 0.673. The van der Waals surface area contributed by atoms with Crippen LogP contribution >= 0.6 is 0 Å². The van der Waals surface area contributed by atoms with E-state index in [9.17, 15) is 27.9 Å². The van der Waals surface area contributed by atoms with Crippen LogP contribution in [0.15, 0.2) is 12.1 Å². The molecule has 0 spiro atoms. The summed E-state index contributed by atoms with van der Waals surface area (Å²) in [4.78, 5) is 34.5. The fourth-order valence-corrected chi connectivity index (χ4v) is 5.30.